The zero-order valence-corrected chi connectivity index (χ0v) is 20.0. The standard InChI is InChI=1S/C24H26N4O5S/c1-31-19-12-16(13-20(32-2)22(19)33-3)27-24(30)28-18(23(29)26-10-6-9-25)11-15-14-34-21-8-5-4-7-17(15)21/h4-5,7-8,12-14,18H,6,10-11H2,1-3H3,(H,26,29)(H2,27,28,30). The second-order valence-electron chi connectivity index (χ2n) is 7.23. The van der Waals surface area contributed by atoms with E-state index in [1.54, 1.807) is 23.5 Å². The molecule has 3 aromatic rings. The summed E-state index contributed by atoms with van der Waals surface area (Å²) in [5.41, 5.74) is 1.35. The molecular weight excluding hydrogens is 456 g/mol. The minimum absolute atomic E-state index is 0.178. The molecule has 0 aliphatic heterocycles. The molecule has 2 aromatic carbocycles. The number of fused-ring (bicyclic) bond motifs is 1. The van der Waals surface area contributed by atoms with Gasteiger partial charge in [-0.25, -0.2) is 4.79 Å². The van der Waals surface area contributed by atoms with E-state index in [9.17, 15) is 9.59 Å². The largest absolute Gasteiger partial charge is 0.493 e. The number of hydrogen-bond donors (Lipinski definition) is 3. The number of anilines is 1. The zero-order valence-electron chi connectivity index (χ0n) is 19.1. The maximum absolute atomic E-state index is 12.8. The van der Waals surface area contributed by atoms with E-state index in [0.29, 0.717) is 29.4 Å². The van der Waals surface area contributed by atoms with Gasteiger partial charge in [-0.3, -0.25) is 4.79 Å². The Morgan fingerprint density at radius 2 is 1.79 bits per heavy atom. The van der Waals surface area contributed by atoms with Crippen molar-refractivity contribution in [2.75, 3.05) is 33.2 Å². The molecule has 9 nitrogen and oxygen atoms in total. The fourth-order valence-corrected chi connectivity index (χ4v) is 4.44. The van der Waals surface area contributed by atoms with Gasteiger partial charge in [0.15, 0.2) is 11.5 Å². The number of nitriles is 1. The van der Waals surface area contributed by atoms with E-state index in [0.717, 1.165) is 15.6 Å². The highest BCUT2D eigenvalue weighted by molar-refractivity contribution is 7.17. The van der Waals surface area contributed by atoms with E-state index in [4.69, 9.17) is 19.5 Å². The highest BCUT2D eigenvalue weighted by Gasteiger charge is 2.23. The Kier molecular flexibility index (Phi) is 8.54. The lowest BCUT2D eigenvalue weighted by Crippen LogP contribution is -2.49. The average Bonchev–Trinajstić information content (AvgIpc) is 3.25. The van der Waals surface area contributed by atoms with Crippen molar-refractivity contribution in [3.05, 3.63) is 47.3 Å². The van der Waals surface area contributed by atoms with Crippen LogP contribution < -0.4 is 30.2 Å². The maximum atomic E-state index is 12.8. The van der Waals surface area contributed by atoms with Gasteiger partial charge in [-0.05, 0) is 22.4 Å². The van der Waals surface area contributed by atoms with Gasteiger partial charge < -0.3 is 30.2 Å². The maximum Gasteiger partial charge on any atom is 0.319 e. The SMILES string of the molecule is COc1cc(NC(=O)NC(Cc2csc3ccccc23)C(=O)NCCC#N)cc(OC)c1OC. The third-order valence-electron chi connectivity index (χ3n) is 5.07. The van der Waals surface area contributed by atoms with Crippen LogP contribution in [0.5, 0.6) is 17.2 Å². The number of nitrogens with zero attached hydrogens (tertiary/aromatic N) is 1. The number of urea groups is 1. The number of methoxy groups -OCH3 is 3. The van der Waals surface area contributed by atoms with Gasteiger partial charge in [-0.2, -0.15) is 5.26 Å². The van der Waals surface area contributed by atoms with E-state index in [1.807, 2.05) is 35.7 Å². The van der Waals surface area contributed by atoms with Crippen molar-refractivity contribution in [1.82, 2.24) is 10.6 Å². The Morgan fingerprint density at radius 1 is 1.09 bits per heavy atom. The first-order chi connectivity index (χ1) is 16.5. The van der Waals surface area contributed by atoms with E-state index in [-0.39, 0.29) is 18.9 Å². The Balaban J connectivity index is 1.79. The molecule has 34 heavy (non-hydrogen) atoms. The number of benzene rings is 2. The van der Waals surface area contributed by atoms with Crippen molar-refractivity contribution in [1.29, 1.82) is 5.26 Å². The molecule has 3 amide bonds. The van der Waals surface area contributed by atoms with Crippen molar-refractivity contribution in [2.45, 2.75) is 18.9 Å². The van der Waals surface area contributed by atoms with Gasteiger partial charge in [-0.15, -0.1) is 11.3 Å². The molecule has 0 bridgehead atoms. The van der Waals surface area contributed by atoms with Crippen LogP contribution in [-0.4, -0.2) is 45.9 Å². The van der Waals surface area contributed by atoms with E-state index in [2.05, 4.69) is 16.0 Å². The van der Waals surface area contributed by atoms with Crippen LogP contribution >= 0.6 is 11.3 Å². The van der Waals surface area contributed by atoms with E-state index < -0.39 is 12.1 Å². The molecule has 178 valence electrons. The number of amides is 3. The molecule has 10 heteroatoms. The van der Waals surface area contributed by atoms with Crippen molar-refractivity contribution >= 4 is 39.0 Å². The molecule has 0 aliphatic carbocycles. The first-order valence-electron chi connectivity index (χ1n) is 10.5. The lowest BCUT2D eigenvalue weighted by Gasteiger charge is -2.19. The van der Waals surface area contributed by atoms with Gasteiger partial charge in [0.2, 0.25) is 11.7 Å². The molecule has 0 fully saturated rings. The Bertz CT molecular complexity index is 1180. The summed E-state index contributed by atoms with van der Waals surface area (Å²) in [6.07, 6.45) is 0.475. The number of carbonyl (C=O) groups excluding carboxylic acids is 2. The van der Waals surface area contributed by atoms with Crippen LogP contribution in [0.1, 0.15) is 12.0 Å². The van der Waals surface area contributed by atoms with Gasteiger partial charge >= 0.3 is 6.03 Å². The highest BCUT2D eigenvalue weighted by Crippen LogP contribution is 2.39. The molecule has 0 spiro atoms. The summed E-state index contributed by atoms with van der Waals surface area (Å²) in [5.74, 6) is 0.793. The average molecular weight is 483 g/mol. The van der Waals surface area contributed by atoms with Crippen LogP contribution in [0, 0.1) is 11.3 Å². The van der Waals surface area contributed by atoms with Crippen molar-refractivity contribution in [3.63, 3.8) is 0 Å². The van der Waals surface area contributed by atoms with Gasteiger partial charge in [0.05, 0.1) is 39.5 Å². The Hall–Kier alpha value is -3.97. The third-order valence-corrected chi connectivity index (χ3v) is 6.08. The topological polar surface area (TPSA) is 122 Å². The number of hydrogen-bond acceptors (Lipinski definition) is 7. The highest BCUT2D eigenvalue weighted by atomic mass is 32.1. The molecule has 3 rings (SSSR count). The summed E-state index contributed by atoms with van der Waals surface area (Å²) < 4.78 is 17.0. The molecule has 1 unspecified atom stereocenters. The number of rotatable bonds is 10. The summed E-state index contributed by atoms with van der Waals surface area (Å²) in [6.45, 7) is 0.201. The minimum atomic E-state index is -0.848. The zero-order chi connectivity index (χ0) is 24.5. The second kappa shape index (κ2) is 11.8. The van der Waals surface area contributed by atoms with E-state index in [1.165, 1.54) is 21.3 Å². The fourth-order valence-electron chi connectivity index (χ4n) is 3.46. The molecule has 0 radical (unpaired) electrons. The molecule has 1 atom stereocenters. The Morgan fingerprint density at radius 3 is 2.44 bits per heavy atom. The van der Waals surface area contributed by atoms with Gasteiger partial charge in [0.1, 0.15) is 6.04 Å². The normalized spacial score (nSPS) is 11.2. The molecule has 1 aromatic heterocycles. The van der Waals surface area contributed by atoms with Crippen LogP contribution in [0.25, 0.3) is 10.1 Å². The van der Waals surface area contributed by atoms with Crippen LogP contribution in [-0.2, 0) is 11.2 Å². The van der Waals surface area contributed by atoms with Crippen LogP contribution in [0.3, 0.4) is 0 Å². The van der Waals surface area contributed by atoms with Gasteiger partial charge in [0, 0.05) is 29.8 Å². The molecule has 0 saturated heterocycles. The first kappa shape index (κ1) is 24.7. The lowest BCUT2D eigenvalue weighted by molar-refractivity contribution is -0.122. The number of ether oxygens (including phenoxy) is 3. The number of thiophene rings is 1. The summed E-state index contributed by atoms with van der Waals surface area (Å²) in [7, 11) is 4.45. The number of nitrogens with one attached hydrogen (secondary N) is 3. The van der Waals surface area contributed by atoms with Crippen molar-refractivity contribution in [3.8, 4) is 23.3 Å². The molecular formula is C24H26N4O5S. The predicted molar refractivity (Wildman–Crippen MR) is 131 cm³/mol. The van der Waals surface area contributed by atoms with Crippen LogP contribution in [0.2, 0.25) is 0 Å². The van der Waals surface area contributed by atoms with Crippen molar-refractivity contribution in [2.24, 2.45) is 0 Å². The minimum Gasteiger partial charge on any atom is -0.493 e. The quantitative estimate of drug-likeness (QED) is 0.379. The summed E-state index contributed by atoms with van der Waals surface area (Å²) in [5, 5.41) is 20.0. The van der Waals surface area contributed by atoms with Crippen LogP contribution in [0.15, 0.2) is 41.8 Å². The monoisotopic (exact) mass is 482 g/mol. The smallest absolute Gasteiger partial charge is 0.319 e. The molecule has 3 N–H and O–H groups in total. The van der Waals surface area contributed by atoms with Gasteiger partial charge in [-0.1, -0.05) is 18.2 Å². The predicted octanol–water partition coefficient (Wildman–Crippen LogP) is 3.69. The molecule has 0 saturated carbocycles. The second-order valence-corrected chi connectivity index (χ2v) is 8.14. The number of carbonyl (C=O) groups is 2. The third kappa shape index (κ3) is 5.88. The summed E-state index contributed by atoms with van der Waals surface area (Å²) >= 11 is 1.58. The summed E-state index contributed by atoms with van der Waals surface area (Å²) in [6, 6.07) is 11.6. The summed E-state index contributed by atoms with van der Waals surface area (Å²) in [4.78, 5) is 25.7. The van der Waals surface area contributed by atoms with Crippen LogP contribution in [0.4, 0.5) is 10.5 Å². The lowest BCUT2D eigenvalue weighted by atomic mass is 10.0. The fraction of sp³-hybridized carbons (Fsp3) is 0.292. The first-order valence-corrected chi connectivity index (χ1v) is 11.4. The Labute approximate surface area is 201 Å². The van der Waals surface area contributed by atoms with Gasteiger partial charge in [0.25, 0.3) is 0 Å². The molecule has 0 aliphatic rings. The van der Waals surface area contributed by atoms with E-state index >= 15 is 0 Å². The van der Waals surface area contributed by atoms with Crippen molar-refractivity contribution < 1.29 is 23.8 Å². The molecule has 1 heterocycles.